The van der Waals surface area contributed by atoms with E-state index in [2.05, 4.69) is 5.32 Å². The highest BCUT2D eigenvalue weighted by Gasteiger charge is 2.33. The third kappa shape index (κ3) is 6.16. The number of thiophene rings is 1. The van der Waals surface area contributed by atoms with Crippen LogP contribution in [0.3, 0.4) is 0 Å². The molecule has 188 valence electrons. The fourth-order valence-corrected chi connectivity index (χ4v) is 5.06. The van der Waals surface area contributed by atoms with Crippen LogP contribution in [-0.4, -0.2) is 74.3 Å². The maximum Gasteiger partial charge on any atom is 0.330 e. The van der Waals surface area contributed by atoms with Gasteiger partial charge in [0.05, 0.1) is 24.6 Å². The van der Waals surface area contributed by atoms with E-state index in [9.17, 15) is 18.8 Å². The monoisotopic (exact) mass is 505 g/mol. The van der Waals surface area contributed by atoms with E-state index in [0.717, 1.165) is 0 Å². The minimum atomic E-state index is -1.01. The number of carbonyl (C=O) groups is 3. The molecule has 0 aliphatic carbocycles. The largest absolute Gasteiger partial charge is 0.491 e. The van der Waals surface area contributed by atoms with Gasteiger partial charge in [0.25, 0.3) is 5.91 Å². The van der Waals surface area contributed by atoms with Gasteiger partial charge in [0, 0.05) is 31.7 Å². The van der Waals surface area contributed by atoms with Gasteiger partial charge in [-0.15, -0.1) is 11.3 Å². The maximum atomic E-state index is 14.4. The molecular formula is C24H28FN3O6S. The molecule has 1 fully saturated rings. The van der Waals surface area contributed by atoms with Crippen molar-refractivity contribution in [3.8, 4) is 16.9 Å². The van der Waals surface area contributed by atoms with E-state index in [0.29, 0.717) is 41.1 Å². The number of carbonyl (C=O) groups excluding carboxylic acids is 3. The molecule has 0 unspecified atom stereocenters. The summed E-state index contributed by atoms with van der Waals surface area (Å²) in [6.07, 6.45) is 1.26. The van der Waals surface area contributed by atoms with Crippen LogP contribution in [0.15, 0.2) is 29.6 Å². The average molecular weight is 506 g/mol. The molecule has 11 heteroatoms. The van der Waals surface area contributed by atoms with Gasteiger partial charge >= 0.3 is 5.97 Å². The van der Waals surface area contributed by atoms with Gasteiger partial charge in [0.1, 0.15) is 18.2 Å². The first kappa shape index (κ1) is 25.1. The number of nitrogens with zero attached hydrogens (tertiary/aromatic N) is 1. The van der Waals surface area contributed by atoms with Gasteiger partial charge in [-0.05, 0) is 47.5 Å². The number of fused-ring (bicyclic) bond motifs is 6. The molecule has 4 rings (SSSR count). The number of nitrogens with one attached hydrogen (secondary N) is 1. The van der Waals surface area contributed by atoms with Crippen molar-refractivity contribution < 1.29 is 33.0 Å². The summed E-state index contributed by atoms with van der Waals surface area (Å²) in [4.78, 5) is 39.8. The maximum absolute atomic E-state index is 14.4. The van der Waals surface area contributed by atoms with E-state index >= 15 is 0 Å². The molecule has 3 N–H and O–H groups in total. The van der Waals surface area contributed by atoms with E-state index in [1.807, 2.05) is 0 Å². The summed E-state index contributed by atoms with van der Waals surface area (Å²) in [7, 11) is 1.23. The number of rotatable bonds is 1. The zero-order chi connectivity index (χ0) is 24.9. The Hall–Kier alpha value is -3.02. The topological polar surface area (TPSA) is 120 Å². The van der Waals surface area contributed by atoms with Gasteiger partial charge in [-0.1, -0.05) is 0 Å². The fourth-order valence-electron chi connectivity index (χ4n) is 4.24. The molecular weight excluding hydrogens is 477 g/mol. The third-order valence-corrected chi connectivity index (χ3v) is 6.92. The van der Waals surface area contributed by atoms with Crippen molar-refractivity contribution in [2.75, 3.05) is 33.5 Å². The summed E-state index contributed by atoms with van der Waals surface area (Å²) in [6, 6.07) is 4.57. The van der Waals surface area contributed by atoms with E-state index < -0.39 is 23.7 Å². The number of nitrogens with two attached hydrogens (primary N) is 1. The molecule has 0 saturated carbocycles. The fraction of sp³-hybridized carbons (Fsp3) is 0.458. The number of methoxy groups -OCH3 is 1. The van der Waals surface area contributed by atoms with Gasteiger partial charge in [0.15, 0.2) is 6.04 Å². The molecule has 1 aromatic carbocycles. The molecule has 2 aromatic rings. The Bertz CT molecular complexity index is 1090. The van der Waals surface area contributed by atoms with E-state index in [1.54, 1.807) is 22.4 Å². The van der Waals surface area contributed by atoms with Crippen LogP contribution in [-0.2, 0) is 19.1 Å². The number of benzene rings is 1. The Morgan fingerprint density at radius 1 is 1.23 bits per heavy atom. The van der Waals surface area contributed by atoms with Crippen LogP contribution in [0.2, 0.25) is 0 Å². The van der Waals surface area contributed by atoms with Crippen LogP contribution < -0.4 is 15.8 Å². The van der Waals surface area contributed by atoms with Crippen LogP contribution in [0.5, 0.6) is 5.75 Å². The third-order valence-electron chi connectivity index (χ3n) is 5.99. The van der Waals surface area contributed by atoms with Crippen molar-refractivity contribution in [2.24, 2.45) is 5.73 Å². The lowest BCUT2D eigenvalue weighted by molar-refractivity contribution is -0.144. The minimum Gasteiger partial charge on any atom is -0.491 e. The normalized spacial score (nSPS) is 23.9. The molecule has 2 aliphatic rings. The first-order valence-electron chi connectivity index (χ1n) is 11.4. The number of ether oxygens (including phenoxy) is 3. The quantitative estimate of drug-likeness (QED) is 0.569. The summed E-state index contributed by atoms with van der Waals surface area (Å²) in [5, 5.41) is 4.35. The Balaban J connectivity index is 1.61. The minimum absolute atomic E-state index is 0.0729. The molecule has 0 radical (unpaired) electrons. The number of hydrogen-bond donors (Lipinski definition) is 2. The van der Waals surface area contributed by atoms with Gasteiger partial charge in [-0.2, -0.15) is 0 Å². The summed E-state index contributed by atoms with van der Waals surface area (Å²) in [6.45, 7) is 0.751. The van der Waals surface area contributed by atoms with E-state index in [-0.39, 0.29) is 44.2 Å². The van der Waals surface area contributed by atoms with Crippen molar-refractivity contribution in [2.45, 2.75) is 37.4 Å². The number of hydrogen-bond acceptors (Lipinski definition) is 8. The highest BCUT2D eigenvalue weighted by Crippen LogP contribution is 2.30. The second-order valence-corrected chi connectivity index (χ2v) is 9.52. The predicted octanol–water partition coefficient (Wildman–Crippen LogP) is 1.94. The highest BCUT2D eigenvalue weighted by molar-refractivity contribution is 7.12. The van der Waals surface area contributed by atoms with E-state index in [4.69, 9.17) is 19.9 Å². The lowest BCUT2D eigenvalue weighted by Crippen LogP contribution is -2.44. The zero-order valence-corrected chi connectivity index (χ0v) is 20.1. The van der Waals surface area contributed by atoms with Gasteiger partial charge in [-0.3, -0.25) is 9.59 Å². The van der Waals surface area contributed by atoms with Gasteiger partial charge in [0.2, 0.25) is 5.91 Å². The van der Waals surface area contributed by atoms with Gasteiger partial charge < -0.3 is 30.2 Å². The Morgan fingerprint density at radius 3 is 2.86 bits per heavy atom. The van der Waals surface area contributed by atoms with Crippen LogP contribution in [0.4, 0.5) is 4.39 Å². The molecule has 3 atom stereocenters. The number of amides is 2. The van der Waals surface area contributed by atoms with Crippen LogP contribution >= 0.6 is 11.3 Å². The Kier molecular flexibility index (Phi) is 7.99. The molecule has 2 aliphatic heterocycles. The first-order valence-corrected chi connectivity index (χ1v) is 12.3. The van der Waals surface area contributed by atoms with Crippen molar-refractivity contribution in [1.82, 2.24) is 10.2 Å². The lowest BCUT2D eigenvalue weighted by Gasteiger charge is -2.25. The molecule has 35 heavy (non-hydrogen) atoms. The van der Waals surface area contributed by atoms with Crippen LogP contribution in [0.25, 0.3) is 11.1 Å². The van der Waals surface area contributed by atoms with Crippen LogP contribution in [0, 0.1) is 5.82 Å². The highest BCUT2D eigenvalue weighted by atomic mass is 32.1. The smallest absolute Gasteiger partial charge is 0.330 e. The Labute approximate surface area is 206 Å². The lowest BCUT2D eigenvalue weighted by atomic mass is 10.1. The van der Waals surface area contributed by atoms with Crippen molar-refractivity contribution in [3.63, 3.8) is 0 Å². The van der Waals surface area contributed by atoms with Crippen molar-refractivity contribution in [1.29, 1.82) is 0 Å². The molecule has 0 spiro atoms. The second-order valence-electron chi connectivity index (χ2n) is 8.61. The molecule has 1 saturated heterocycles. The summed E-state index contributed by atoms with van der Waals surface area (Å²) < 4.78 is 30.6. The molecule has 3 heterocycles. The second kappa shape index (κ2) is 11.1. The van der Waals surface area contributed by atoms with Crippen LogP contribution in [0.1, 0.15) is 28.9 Å². The molecule has 4 bridgehead atoms. The molecule has 2 amide bonds. The SMILES string of the molecule is COC(=O)[C@@H]1COCCCC(=O)N2C[C@@H](N)C[C@H]2COc2cc(F)cc(c2)-c2csc(c2)C(=O)N1. The van der Waals surface area contributed by atoms with Crippen molar-refractivity contribution >= 4 is 29.1 Å². The predicted molar refractivity (Wildman–Crippen MR) is 127 cm³/mol. The standard InChI is InChI=1S/C24H28FN3O6S/c1-32-24(31)20-12-33-4-2-3-22(29)28-10-17(26)9-18(28)11-34-19-6-14(5-16(25)8-19)15-7-21(35-13-15)23(30)27-20/h5-8,13,17-18,20H,2-4,9-12,26H2,1H3,(H,27,30)/t17-,18-,20-/m0/s1. The van der Waals surface area contributed by atoms with E-state index in [1.165, 1.54) is 30.6 Å². The summed E-state index contributed by atoms with van der Waals surface area (Å²) >= 11 is 1.17. The van der Waals surface area contributed by atoms with Crippen molar-refractivity contribution in [3.05, 3.63) is 40.3 Å². The summed E-state index contributed by atoms with van der Waals surface area (Å²) in [5.74, 6) is -1.35. The first-order chi connectivity index (χ1) is 16.8. The molecule has 1 aromatic heterocycles. The molecule has 9 nitrogen and oxygen atoms in total. The number of halogens is 1. The number of esters is 1. The summed E-state index contributed by atoms with van der Waals surface area (Å²) in [5.41, 5.74) is 7.28. The Morgan fingerprint density at radius 2 is 2.06 bits per heavy atom. The van der Waals surface area contributed by atoms with Gasteiger partial charge in [-0.25, -0.2) is 9.18 Å². The zero-order valence-electron chi connectivity index (χ0n) is 19.3. The average Bonchev–Trinajstić information content (AvgIpc) is 3.47.